The lowest BCUT2D eigenvalue weighted by Crippen LogP contribution is -2.53. The van der Waals surface area contributed by atoms with Crippen LogP contribution in [0, 0.1) is 0 Å². The van der Waals surface area contributed by atoms with Gasteiger partial charge in [0.05, 0.1) is 5.69 Å². The highest BCUT2D eigenvalue weighted by molar-refractivity contribution is 7.09. The monoisotopic (exact) mass is 344 g/mol. The molecule has 1 N–H and O–H groups in total. The highest BCUT2D eigenvalue weighted by Crippen LogP contribution is 2.12. The molecule has 3 heterocycles. The first kappa shape index (κ1) is 16.9. The molecule has 1 saturated heterocycles. The molecule has 1 aliphatic heterocycles. The first-order valence-electron chi connectivity index (χ1n) is 8.41. The zero-order valence-corrected chi connectivity index (χ0v) is 14.8. The van der Waals surface area contributed by atoms with Crippen LogP contribution in [-0.2, 0) is 13.0 Å². The van der Waals surface area contributed by atoms with Crippen LogP contribution in [0.25, 0.3) is 0 Å². The van der Waals surface area contributed by atoms with Crippen molar-refractivity contribution in [2.75, 3.05) is 26.2 Å². The third-order valence-electron chi connectivity index (χ3n) is 4.23. The van der Waals surface area contributed by atoms with Gasteiger partial charge in [-0.2, -0.15) is 0 Å². The third-order valence-corrected chi connectivity index (χ3v) is 5.13. The number of hydrogen-bond acceptors (Lipinski definition) is 4. The maximum absolute atomic E-state index is 12.4. The molecule has 1 fully saturated rings. The third kappa shape index (κ3) is 4.79. The summed E-state index contributed by atoms with van der Waals surface area (Å²) < 4.78 is 0. The predicted octanol–water partition coefficient (Wildman–Crippen LogP) is 2.60. The first-order valence-corrected chi connectivity index (χ1v) is 9.29. The minimum absolute atomic E-state index is 0.0524. The number of thiophene rings is 1. The van der Waals surface area contributed by atoms with Gasteiger partial charge in [0.1, 0.15) is 0 Å². The van der Waals surface area contributed by atoms with E-state index in [1.54, 1.807) is 11.3 Å². The average molecular weight is 344 g/mol. The zero-order chi connectivity index (χ0) is 16.8. The maximum atomic E-state index is 12.4. The van der Waals surface area contributed by atoms with Crippen molar-refractivity contribution >= 4 is 17.4 Å². The van der Waals surface area contributed by atoms with Crippen LogP contribution in [-0.4, -0.2) is 53.0 Å². The summed E-state index contributed by atoms with van der Waals surface area (Å²) in [7, 11) is 0. The lowest BCUT2D eigenvalue weighted by molar-refractivity contribution is 0.133. The summed E-state index contributed by atoms with van der Waals surface area (Å²) in [5, 5.41) is 5.19. The Balaban J connectivity index is 1.41. The molecule has 3 rings (SSSR count). The SMILES string of the molecule is C[C@H](Cc1cccs1)NC(=O)N1CCN(Cc2ccccn2)CC1. The number of carbonyl (C=O) groups is 1. The normalized spacial score (nSPS) is 16.8. The number of nitrogens with zero attached hydrogens (tertiary/aromatic N) is 3. The molecule has 2 aromatic heterocycles. The molecule has 6 heteroatoms. The smallest absolute Gasteiger partial charge is 0.317 e. The van der Waals surface area contributed by atoms with Gasteiger partial charge in [0, 0.05) is 56.3 Å². The second kappa shape index (κ2) is 8.26. The van der Waals surface area contributed by atoms with Crippen molar-refractivity contribution in [1.29, 1.82) is 0 Å². The van der Waals surface area contributed by atoms with Crippen molar-refractivity contribution in [3.63, 3.8) is 0 Å². The van der Waals surface area contributed by atoms with E-state index in [4.69, 9.17) is 0 Å². The number of aromatic nitrogens is 1. The second-order valence-electron chi connectivity index (χ2n) is 6.22. The number of urea groups is 1. The molecule has 0 saturated carbocycles. The van der Waals surface area contributed by atoms with Crippen LogP contribution in [0.3, 0.4) is 0 Å². The fourth-order valence-corrected chi connectivity index (χ4v) is 3.75. The summed E-state index contributed by atoms with van der Waals surface area (Å²) >= 11 is 1.74. The van der Waals surface area contributed by atoms with E-state index in [1.807, 2.05) is 29.3 Å². The second-order valence-corrected chi connectivity index (χ2v) is 7.25. The van der Waals surface area contributed by atoms with Gasteiger partial charge in [0.25, 0.3) is 0 Å². The molecule has 0 unspecified atom stereocenters. The lowest BCUT2D eigenvalue weighted by Gasteiger charge is -2.35. The molecule has 0 bridgehead atoms. The van der Waals surface area contributed by atoms with Crippen LogP contribution < -0.4 is 5.32 Å². The van der Waals surface area contributed by atoms with Crippen molar-refractivity contribution in [3.8, 4) is 0 Å². The van der Waals surface area contributed by atoms with E-state index in [9.17, 15) is 4.79 Å². The van der Waals surface area contributed by atoms with Crippen molar-refractivity contribution in [2.45, 2.75) is 25.9 Å². The Hall–Kier alpha value is -1.92. The van der Waals surface area contributed by atoms with Crippen LogP contribution in [0.15, 0.2) is 41.9 Å². The number of nitrogens with one attached hydrogen (secondary N) is 1. The fraction of sp³-hybridized carbons (Fsp3) is 0.444. The van der Waals surface area contributed by atoms with Gasteiger partial charge in [0.15, 0.2) is 0 Å². The summed E-state index contributed by atoms with van der Waals surface area (Å²) in [5.74, 6) is 0. The number of carbonyl (C=O) groups excluding carboxylic acids is 1. The molecule has 0 radical (unpaired) electrons. The van der Waals surface area contributed by atoms with E-state index in [1.165, 1.54) is 4.88 Å². The predicted molar refractivity (Wildman–Crippen MR) is 97.1 cm³/mol. The Bertz CT molecular complexity index is 624. The summed E-state index contributed by atoms with van der Waals surface area (Å²) in [6.07, 6.45) is 2.72. The molecule has 2 amide bonds. The molecular formula is C18H24N4OS. The summed E-state index contributed by atoms with van der Waals surface area (Å²) in [5.41, 5.74) is 1.08. The van der Waals surface area contributed by atoms with Gasteiger partial charge in [-0.05, 0) is 30.5 Å². The van der Waals surface area contributed by atoms with E-state index < -0.39 is 0 Å². The molecule has 2 aromatic rings. The van der Waals surface area contributed by atoms with Crippen molar-refractivity contribution < 1.29 is 4.79 Å². The summed E-state index contributed by atoms with van der Waals surface area (Å²) in [6.45, 7) is 6.24. The molecule has 0 aliphatic carbocycles. The molecule has 0 spiro atoms. The molecule has 128 valence electrons. The maximum Gasteiger partial charge on any atom is 0.317 e. The Morgan fingerprint density at radius 2 is 2.08 bits per heavy atom. The van der Waals surface area contributed by atoms with E-state index >= 15 is 0 Å². The van der Waals surface area contributed by atoms with Gasteiger partial charge in [-0.25, -0.2) is 4.79 Å². The van der Waals surface area contributed by atoms with E-state index in [0.29, 0.717) is 0 Å². The van der Waals surface area contributed by atoms with Crippen LogP contribution >= 0.6 is 11.3 Å². The van der Waals surface area contributed by atoms with Gasteiger partial charge in [-0.1, -0.05) is 12.1 Å². The number of pyridine rings is 1. The molecular weight excluding hydrogens is 320 g/mol. The van der Waals surface area contributed by atoms with E-state index in [-0.39, 0.29) is 12.1 Å². The number of rotatable bonds is 5. The van der Waals surface area contributed by atoms with Gasteiger partial charge in [-0.15, -0.1) is 11.3 Å². The molecule has 24 heavy (non-hydrogen) atoms. The topological polar surface area (TPSA) is 48.5 Å². The standard InChI is InChI=1S/C18H24N4OS/c1-15(13-17-6-4-12-24-17)20-18(23)22-10-8-21(9-11-22)14-16-5-2-3-7-19-16/h2-7,12,15H,8-11,13-14H2,1H3,(H,20,23)/t15-/m1/s1. The largest absolute Gasteiger partial charge is 0.335 e. The van der Waals surface area contributed by atoms with Crippen LogP contribution in [0.2, 0.25) is 0 Å². The highest BCUT2D eigenvalue weighted by Gasteiger charge is 2.22. The van der Waals surface area contributed by atoms with Gasteiger partial charge >= 0.3 is 6.03 Å². The van der Waals surface area contributed by atoms with Crippen LogP contribution in [0.5, 0.6) is 0 Å². The zero-order valence-electron chi connectivity index (χ0n) is 14.0. The lowest BCUT2D eigenvalue weighted by atomic mass is 10.2. The molecule has 0 aromatic carbocycles. The highest BCUT2D eigenvalue weighted by atomic mass is 32.1. The van der Waals surface area contributed by atoms with Gasteiger partial charge in [-0.3, -0.25) is 9.88 Å². The minimum atomic E-state index is 0.0524. The van der Waals surface area contributed by atoms with Crippen molar-refractivity contribution in [3.05, 3.63) is 52.5 Å². The van der Waals surface area contributed by atoms with Crippen LogP contribution in [0.4, 0.5) is 4.79 Å². The summed E-state index contributed by atoms with van der Waals surface area (Å²) in [4.78, 5) is 22.3. The first-order chi connectivity index (χ1) is 11.7. The minimum Gasteiger partial charge on any atom is -0.335 e. The van der Waals surface area contributed by atoms with Crippen LogP contribution in [0.1, 0.15) is 17.5 Å². The number of piperazine rings is 1. The fourth-order valence-electron chi connectivity index (χ4n) is 2.91. The number of amides is 2. The number of hydrogen-bond donors (Lipinski definition) is 1. The Kier molecular flexibility index (Phi) is 5.82. The Labute approximate surface area is 147 Å². The van der Waals surface area contributed by atoms with Gasteiger partial charge < -0.3 is 10.2 Å². The van der Waals surface area contributed by atoms with E-state index in [2.05, 4.69) is 39.6 Å². The molecule has 5 nitrogen and oxygen atoms in total. The van der Waals surface area contributed by atoms with Crippen molar-refractivity contribution in [2.24, 2.45) is 0 Å². The average Bonchev–Trinajstić information content (AvgIpc) is 3.09. The Morgan fingerprint density at radius 1 is 1.25 bits per heavy atom. The van der Waals surface area contributed by atoms with E-state index in [0.717, 1.165) is 44.8 Å². The van der Waals surface area contributed by atoms with Gasteiger partial charge in [0.2, 0.25) is 0 Å². The van der Waals surface area contributed by atoms with Crippen molar-refractivity contribution in [1.82, 2.24) is 20.1 Å². The quantitative estimate of drug-likeness (QED) is 0.907. The Morgan fingerprint density at radius 3 is 2.75 bits per heavy atom. The summed E-state index contributed by atoms with van der Waals surface area (Å²) in [6, 6.07) is 10.4. The molecule has 1 aliphatic rings. The molecule has 1 atom stereocenters.